The van der Waals surface area contributed by atoms with Gasteiger partial charge in [-0.3, -0.25) is 0 Å². The predicted octanol–water partition coefficient (Wildman–Crippen LogP) is 3.60. The highest BCUT2D eigenvalue weighted by Gasteiger charge is 2.27. The summed E-state index contributed by atoms with van der Waals surface area (Å²) >= 11 is 5.75. The van der Waals surface area contributed by atoms with Crippen LogP contribution < -0.4 is 4.90 Å². The maximum absolute atomic E-state index is 12.1. The van der Waals surface area contributed by atoms with Gasteiger partial charge in [-0.25, -0.2) is 0 Å². The fourth-order valence-electron chi connectivity index (χ4n) is 1.33. The molecular weight excluding hydrogens is 253 g/mol. The molecule has 0 aliphatic rings. The van der Waals surface area contributed by atoms with E-state index in [4.69, 9.17) is 16.9 Å². The molecule has 2 nitrogen and oxygen atoms in total. The molecular formula is C11H10ClF3N2. The van der Waals surface area contributed by atoms with Gasteiger partial charge in [0.1, 0.15) is 6.07 Å². The number of nitrogens with zero attached hydrogens (tertiary/aromatic N) is 2. The van der Waals surface area contributed by atoms with Crippen molar-refractivity contribution in [3.63, 3.8) is 0 Å². The second-order valence-corrected chi connectivity index (χ2v) is 4.00. The van der Waals surface area contributed by atoms with E-state index in [2.05, 4.69) is 0 Å². The molecule has 6 heteroatoms. The summed E-state index contributed by atoms with van der Waals surface area (Å²) in [7, 11) is 1.50. The van der Waals surface area contributed by atoms with Crippen molar-refractivity contribution < 1.29 is 13.2 Å². The molecule has 0 amide bonds. The van der Waals surface area contributed by atoms with Gasteiger partial charge in [0.25, 0.3) is 0 Å². The molecule has 0 bridgehead atoms. The maximum atomic E-state index is 12.1. The summed E-state index contributed by atoms with van der Waals surface area (Å²) in [4.78, 5) is 1.37. The molecule has 17 heavy (non-hydrogen) atoms. The lowest BCUT2D eigenvalue weighted by molar-refractivity contribution is -0.132. The van der Waals surface area contributed by atoms with Crippen LogP contribution >= 0.6 is 11.6 Å². The van der Waals surface area contributed by atoms with Crippen molar-refractivity contribution in [2.45, 2.75) is 12.6 Å². The molecule has 0 unspecified atom stereocenters. The number of halogens is 4. The highest BCUT2D eigenvalue weighted by atomic mass is 35.5. The van der Waals surface area contributed by atoms with Crippen molar-refractivity contribution in [1.29, 1.82) is 5.26 Å². The number of rotatable bonds is 3. The van der Waals surface area contributed by atoms with Gasteiger partial charge < -0.3 is 4.90 Å². The van der Waals surface area contributed by atoms with E-state index >= 15 is 0 Å². The summed E-state index contributed by atoms with van der Waals surface area (Å²) in [6, 6.07) is 6.42. The summed E-state index contributed by atoms with van der Waals surface area (Å²) in [5.74, 6) is 0. The quantitative estimate of drug-likeness (QED) is 0.832. The van der Waals surface area contributed by atoms with Gasteiger partial charge in [-0.2, -0.15) is 18.4 Å². The van der Waals surface area contributed by atoms with Gasteiger partial charge in [0.05, 0.1) is 17.7 Å². The topological polar surface area (TPSA) is 27.0 Å². The fraction of sp³-hybridized carbons (Fsp3) is 0.364. The van der Waals surface area contributed by atoms with Gasteiger partial charge in [-0.15, -0.1) is 0 Å². The Bertz CT molecular complexity index is 437. The number of hydrogen-bond acceptors (Lipinski definition) is 2. The van der Waals surface area contributed by atoms with E-state index in [0.29, 0.717) is 16.3 Å². The van der Waals surface area contributed by atoms with E-state index < -0.39 is 12.6 Å². The van der Waals surface area contributed by atoms with Gasteiger partial charge in [0.15, 0.2) is 0 Å². The van der Waals surface area contributed by atoms with Crippen molar-refractivity contribution in [2.24, 2.45) is 0 Å². The van der Waals surface area contributed by atoms with Crippen LogP contribution in [-0.2, 0) is 0 Å². The number of anilines is 1. The fourth-order valence-corrected chi connectivity index (χ4v) is 1.50. The van der Waals surface area contributed by atoms with Crippen LogP contribution in [0.4, 0.5) is 18.9 Å². The molecule has 92 valence electrons. The Labute approximate surface area is 102 Å². The number of hydrogen-bond donors (Lipinski definition) is 0. The van der Waals surface area contributed by atoms with E-state index in [1.54, 1.807) is 0 Å². The molecule has 0 saturated heterocycles. The number of alkyl halides is 3. The smallest absolute Gasteiger partial charge is 0.373 e. The molecule has 0 N–H and O–H groups in total. The Morgan fingerprint density at radius 1 is 1.41 bits per heavy atom. The lowest BCUT2D eigenvalue weighted by Crippen LogP contribution is -2.24. The third-order valence-corrected chi connectivity index (χ3v) is 2.46. The number of benzene rings is 1. The summed E-state index contributed by atoms with van der Waals surface area (Å²) in [5, 5.41) is 9.23. The molecule has 0 atom stereocenters. The standard InChI is InChI=1S/C11H10ClF3N2/c1-17(5-4-11(13,14)15)10-6-9(12)3-2-8(10)7-16/h2-3,6H,4-5H2,1H3. The second kappa shape index (κ2) is 5.28. The Kier molecular flexibility index (Phi) is 4.24. The van der Waals surface area contributed by atoms with Gasteiger partial charge in [0, 0.05) is 18.6 Å². The number of nitriles is 1. The van der Waals surface area contributed by atoms with E-state index in [-0.39, 0.29) is 6.54 Å². The lowest BCUT2D eigenvalue weighted by atomic mass is 10.1. The molecule has 0 fully saturated rings. The van der Waals surface area contributed by atoms with E-state index in [1.807, 2.05) is 6.07 Å². The van der Waals surface area contributed by atoms with Crippen LogP contribution in [0, 0.1) is 11.3 Å². The molecule has 1 aromatic carbocycles. The van der Waals surface area contributed by atoms with Gasteiger partial charge >= 0.3 is 6.18 Å². The molecule has 0 aliphatic carbocycles. The minimum atomic E-state index is -4.21. The zero-order chi connectivity index (χ0) is 13.1. The van der Waals surface area contributed by atoms with Gasteiger partial charge in [-0.05, 0) is 18.2 Å². The predicted molar refractivity (Wildman–Crippen MR) is 60.1 cm³/mol. The Morgan fingerprint density at radius 2 is 2.06 bits per heavy atom. The Balaban J connectivity index is 2.85. The van der Waals surface area contributed by atoms with E-state index in [1.165, 1.54) is 30.1 Å². The summed E-state index contributed by atoms with van der Waals surface area (Å²) in [6.07, 6.45) is -5.14. The molecule has 0 radical (unpaired) electrons. The summed E-state index contributed by atoms with van der Waals surface area (Å²) < 4.78 is 36.2. The van der Waals surface area contributed by atoms with Crippen molar-refractivity contribution in [3.05, 3.63) is 28.8 Å². The monoisotopic (exact) mass is 262 g/mol. The molecule has 1 aromatic rings. The molecule has 0 aliphatic heterocycles. The van der Waals surface area contributed by atoms with Crippen LogP contribution in [0.15, 0.2) is 18.2 Å². The van der Waals surface area contributed by atoms with Crippen LogP contribution in [-0.4, -0.2) is 19.8 Å². The first kappa shape index (κ1) is 13.7. The molecule has 0 spiro atoms. The minimum absolute atomic E-state index is 0.210. The van der Waals surface area contributed by atoms with E-state index in [0.717, 1.165) is 0 Å². The largest absolute Gasteiger partial charge is 0.390 e. The summed E-state index contributed by atoms with van der Waals surface area (Å²) in [6.45, 7) is -0.210. The lowest BCUT2D eigenvalue weighted by Gasteiger charge is -2.21. The van der Waals surface area contributed by atoms with Crippen LogP contribution in [0.25, 0.3) is 0 Å². The highest BCUT2D eigenvalue weighted by molar-refractivity contribution is 6.30. The first-order valence-corrected chi connectivity index (χ1v) is 5.19. The van der Waals surface area contributed by atoms with Crippen LogP contribution in [0.2, 0.25) is 5.02 Å². The average Bonchev–Trinajstić information content (AvgIpc) is 2.25. The molecule has 0 aromatic heterocycles. The van der Waals surface area contributed by atoms with Crippen LogP contribution in [0.3, 0.4) is 0 Å². The zero-order valence-corrected chi connectivity index (χ0v) is 9.81. The zero-order valence-electron chi connectivity index (χ0n) is 9.05. The van der Waals surface area contributed by atoms with E-state index in [9.17, 15) is 13.2 Å². The molecule has 0 saturated carbocycles. The SMILES string of the molecule is CN(CCC(F)(F)F)c1cc(Cl)ccc1C#N. The molecule has 1 rings (SSSR count). The van der Waals surface area contributed by atoms with Crippen molar-refractivity contribution >= 4 is 17.3 Å². The Hall–Kier alpha value is -1.41. The van der Waals surface area contributed by atoms with Crippen LogP contribution in [0.1, 0.15) is 12.0 Å². The average molecular weight is 263 g/mol. The van der Waals surface area contributed by atoms with Crippen molar-refractivity contribution in [2.75, 3.05) is 18.5 Å². The third kappa shape index (κ3) is 4.16. The normalized spacial score (nSPS) is 11.1. The maximum Gasteiger partial charge on any atom is 0.390 e. The van der Waals surface area contributed by atoms with Gasteiger partial charge in [-0.1, -0.05) is 11.6 Å². The summed E-state index contributed by atoms with van der Waals surface area (Å²) in [5.41, 5.74) is 0.711. The highest BCUT2D eigenvalue weighted by Crippen LogP contribution is 2.26. The molecule has 0 heterocycles. The van der Waals surface area contributed by atoms with Crippen LogP contribution in [0.5, 0.6) is 0 Å². The minimum Gasteiger partial charge on any atom is -0.373 e. The second-order valence-electron chi connectivity index (χ2n) is 3.56. The first-order valence-electron chi connectivity index (χ1n) is 4.81. The van der Waals surface area contributed by atoms with Crippen molar-refractivity contribution in [1.82, 2.24) is 0 Å². The van der Waals surface area contributed by atoms with Crippen molar-refractivity contribution in [3.8, 4) is 6.07 Å². The first-order chi connectivity index (χ1) is 7.83. The third-order valence-electron chi connectivity index (χ3n) is 2.22. The Morgan fingerprint density at radius 3 is 2.59 bits per heavy atom. The van der Waals surface area contributed by atoms with Gasteiger partial charge in [0.2, 0.25) is 0 Å².